The van der Waals surface area contributed by atoms with Gasteiger partial charge in [-0.25, -0.2) is 4.79 Å². The van der Waals surface area contributed by atoms with Crippen LogP contribution in [0.1, 0.15) is 56.0 Å². The number of para-hydroxylation sites is 1. The molecule has 2 aliphatic rings. The van der Waals surface area contributed by atoms with Crippen LogP contribution in [0.15, 0.2) is 23.2 Å². The van der Waals surface area contributed by atoms with Crippen molar-refractivity contribution < 1.29 is 33.4 Å². The molecule has 1 aromatic rings. The number of hydrogen-bond donors (Lipinski definition) is 1. The molecule has 9 heteroatoms. The maximum absolute atomic E-state index is 12.5. The summed E-state index contributed by atoms with van der Waals surface area (Å²) in [7, 11) is 0. The number of fused-ring (bicyclic) bond motifs is 2. The predicted molar refractivity (Wildman–Crippen MR) is 102 cm³/mol. The van der Waals surface area contributed by atoms with Crippen LogP contribution in [-0.4, -0.2) is 42.3 Å². The first-order valence-electron chi connectivity index (χ1n) is 9.68. The number of benzene rings is 1. The van der Waals surface area contributed by atoms with E-state index < -0.39 is 31.4 Å². The zero-order chi connectivity index (χ0) is 20.3. The zero-order valence-corrected chi connectivity index (χ0v) is 16.3. The highest BCUT2D eigenvalue weighted by Gasteiger charge is 2.48. The molecule has 0 saturated heterocycles. The fourth-order valence-corrected chi connectivity index (χ4v) is 3.45. The number of ether oxygens (including phenoxy) is 2. The van der Waals surface area contributed by atoms with Crippen molar-refractivity contribution in [2.75, 3.05) is 6.79 Å². The first-order valence-corrected chi connectivity index (χ1v) is 9.68. The smallest absolute Gasteiger partial charge is 0.514 e. The molecule has 0 aromatic heterocycles. The van der Waals surface area contributed by atoms with E-state index in [0.717, 1.165) is 5.56 Å². The average Bonchev–Trinajstić information content (AvgIpc) is 3.01. The quantitative estimate of drug-likeness (QED) is 0.433. The van der Waals surface area contributed by atoms with Crippen molar-refractivity contribution in [3.05, 3.63) is 29.3 Å². The summed E-state index contributed by atoms with van der Waals surface area (Å²) in [6.07, 6.45) is 2.25. The lowest BCUT2D eigenvalue weighted by Crippen LogP contribution is -2.56. The van der Waals surface area contributed by atoms with Gasteiger partial charge in [-0.3, -0.25) is 9.79 Å². The van der Waals surface area contributed by atoms with Crippen LogP contribution in [-0.2, 0) is 25.3 Å². The Morgan fingerprint density at radius 3 is 2.68 bits per heavy atom. The Hall–Kier alpha value is -2.55. The van der Waals surface area contributed by atoms with Crippen LogP contribution in [0.5, 0.6) is 5.75 Å². The van der Waals surface area contributed by atoms with Crippen molar-refractivity contribution in [2.45, 2.75) is 52.4 Å². The van der Waals surface area contributed by atoms with Crippen molar-refractivity contribution >= 4 is 24.6 Å². The van der Waals surface area contributed by atoms with Gasteiger partial charge >= 0.3 is 18.7 Å². The van der Waals surface area contributed by atoms with Gasteiger partial charge in [-0.15, -0.1) is 0 Å². The number of carbonyl (C=O) groups excluding carboxylic acids is 2. The molecular weight excluding hydrogens is 365 g/mol. The van der Waals surface area contributed by atoms with Gasteiger partial charge in [0.05, 0.1) is 17.2 Å². The van der Waals surface area contributed by atoms with Crippen molar-refractivity contribution in [3.8, 4) is 5.75 Å². The third-order valence-corrected chi connectivity index (χ3v) is 5.15. The third-order valence-electron chi connectivity index (χ3n) is 5.15. The predicted octanol–water partition coefficient (Wildman–Crippen LogP) is 2.39. The Balaban J connectivity index is 1.68. The van der Waals surface area contributed by atoms with E-state index in [2.05, 4.69) is 4.99 Å². The third kappa shape index (κ3) is 3.85. The van der Waals surface area contributed by atoms with E-state index in [-0.39, 0.29) is 17.2 Å². The van der Waals surface area contributed by atoms with Gasteiger partial charge in [0.2, 0.25) is 6.79 Å². The standard InChI is InChI=1S/C19H25BNO7/c1-4-12(5-2)18(22)25-11-26-19(23)14-9-7-8-13-10-15-20(24,28-17(13)14)27-16(6-3)21-15/h7-9,12,15,24H,4-6,10-11H2,1-3H3/q-1/t15-,20?/m0/s1. The molecule has 0 radical (unpaired) electrons. The minimum Gasteiger partial charge on any atom is -0.658 e. The SMILES string of the molecule is CCC1=N[C@H]2Cc3cccc(C(=O)OCOC(=O)C(CC)CC)c3O[B-]2(O)O1. The second-order valence-corrected chi connectivity index (χ2v) is 6.93. The Kier molecular flexibility index (Phi) is 5.93. The maximum Gasteiger partial charge on any atom is 0.514 e. The summed E-state index contributed by atoms with van der Waals surface area (Å²) in [5.41, 5.74) is 0.864. The second-order valence-electron chi connectivity index (χ2n) is 6.93. The van der Waals surface area contributed by atoms with Crippen molar-refractivity contribution in [2.24, 2.45) is 10.9 Å². The topological polar surface area (TPSA) is 104 Å². The van der Waals surface area contributed by atoms with Crippen LogP contribution >= 0.6 is 0 Å². The summed E-state index contributed by atoms with van der Waals surface area (Å²) < 4.78 is 21.3. The second kappa shape index (κ2) is 8.22. The van der Waals surface area contributed by atoms with Crippen LogP contribution in [0.4, 0.5) is 0 Å². The molecule has 152 valence electrons. The van der Waals surface area contributed by atoms with Crippen molar-refractivity contribution in [3.63, 3.8) is 0 Å². The van der Waals surface area contributed by atoms with Crippen LogP contribution in [0.25, 0.3) is 0 Å². The molecule has 1 unspecified atom stereocenters. The lowest BCUT2D eigenvalue weighted by atomic mass is 9.65. The van der Waals surface area contributed by atoms with E-state index in [1.54, 1.807) is 12.1 Å². The Morgan fingerprint density at radius 1 is 1.25 bits per heavy atom. The van der Waals surface area contributed by atoms with Gasteiger partial charge in [0.25, 0.3) is 0 Å². The average molecular weight is 390 g/mol. The van der Waals surface area contributed by atoms with E-state index in [1.165, 1.54) is 6.07 Å². The molecule has 8 nitrogen and oxygen atoms in total. The van der Waals surface area contributed by atoms with E-state index in [1.807, 2.05) is 20.8 Å². The van der Waals surface area contributed by atoms with E-state index >= 15 is 0 Å². The highest BCUT2D eigenvalue weighted by molar-refractivity contribution is 6.65. The van der Waals surface area contributed by atoms with Crippen LogP contribution in [0, 0.1) is 5.92 Å². The highest BCUT2D eigenvalue weighted by atomic mass is 16.7. The Labute approximate surface area is 163 Å². The number of aliphatic imine (C=N–C) groups is 1. The Bertz CT molecular complexity index is 792. The minimum absolute atomic E-state index is 0.137. The highest BCUT2D eigenvalue weighted by Crippen LogP contribution is 2.37. The molecule has 1 aromatic carbocycles. The van der Waals surface area contributed by atoms with Gasteiger partial charge in [-0.1, -0.05) is 32.9 Å². The van der Waals surface area contributed by atoms with Crippen LogP contribution < -0.4 is 4.65 Å². The summed E-state index contributed by atoms with van der Waals surface area (Å²) >= 11 is 0. The molecule has 2 atom stereocenters. The summed E-state index contributed by atoms with van der Waals surface area (Å²) in [5, 5.41) is 10.7. The molecular formula is C19H25BNO7-. The summed E-state index contributed by atoms with van der Waals surface area (Å²) in [4.78, 5) is 28.7. The fraction of sp³-hybridized carbons (Fsp3) is 0.526. The molecule has 1 N–H and O–H groups in total. The lowest BCUT2D eigenvalue weighted by molar-refractivity contribution is -0.157. The summed E-state index contributed by atoms with van der Waals surface area (Å²) in [5.74, 6) is -1.21. The molecule has 2 aliphatic heterocycles. The molecule has 0 spiro atoms. The molecule has 3 rings (SSSR count). The largest absolute Gasteiger partial charge is 0.658 e. The molecule has 2 heterocycles. The molecule has 0 saturated carbocycles. The maximum atomic E-state index is 12.5. The number of hydrogen-bond acceptors (Lipinski definition) is 8. The minimum atomic E-state index is -2.68. The first kappa shape index (κ1) is 20.2. The number of esters is 2. The fourth-order valence-electron chi connectivity index (χ4n) is 3.45. The van der Waals surface area contributed by atoms with Crippen molar-refractivity contribution in [1.82, 2.24) is 0 Å². The lowest BCUT2D eigenvalue weighted by Gasteiger charge is -2.41. The van der Waals surface area contributed by atoms with Gasteiger partial charge in [-0.2, -0.15) is 0 Å². The molecule has 0 fully saturated rings. The van der Waals surface area contributed by atoms with Gasteiger partial charge < -0.3 is 23.8 Å². The summed E-state index contributed by atoms with van der Waals surface area (Å²) in [6, 6.07) is 5.03. The number of carbonyl (C=O) groups is 2. The summed E-state index contributed by atoms with van der Waals surface area (Å²) in [6.45, 7) is 2.51. The van der Waals surface area contributed by atoms with Crippen LogP contribution in [0.3, 0.4) is 0 Å². The molecule has 0 aliphatic carbocycles. The number of nitrogens with zero attached hydrogens (tertiary/aromatic N) is 1. The first-order chi connectivity index (χ1) is 13.4. The van der Waals surface area contributed by atoms with E-state index in [9.17, 15) is 14.6 Å². The van der Waals surface area contributed by atoms with Gasteiger partial charge in [0, 0.05) is 12.4 Å². The molecule has 0 bridgehead atoms. The van der Waals surface area contributed by atoms with Gasteiger partial charge in [-0.05, 0) is 30.9 Å². The van der Waals surface area contributed by atoms with Crippen LogP contribution in [0.2, 0.25) is 0 Å². The van der Waals surface area contributed by atoms with Gasteiger partial charge in [0.1, 0.15) is 5.90 Å². The molecule has 28 heavy (non-hydrogen) atoms. The van der Waals surface area contributed by atoms with Gasteiger partial charge in [0.15, 0.2) is 0 Å². The Morgan fingerprint density at radius 2 is 2.00 bits per heavy atom. The normalized spacial score (nSPS) is 22.5. The zero-order valence-electron chi connectivity index (χ0n) is 16.3. The van der Waals surface area contributed by atoms with Crippen molar-refractivity contribution in [1.29, 1.82) is 0 Å². The number of rotatable bonds is 7. The van der Waals surface area contributed by atoms with E-state index in [4.69, 9.17) is 18.8 Å². The monoisotopic (exact) mass is 390 g/mol. The van der Waals surface area contributed by atoms with E-state index in [0.29, 0.717) is 31.6 Å². The molecule has 0 amide bonds.